The summed E-state index contributed by atoms with van der Waals surface area (Å²) in [6.07, 6.45) is 4.59. The van der Waals surface area contributed by atoms with Crippen molar-refractivity contribution >= 4 is 39.7 Å². The Hall–Kier alpha value is -5.17. The van der Waals surface area contributed by atoms with Crippen molar-refractivity contribution in [3.63, 3.8) is 0 Å². The first-order valence-electron chi connectivity index (χ1n) is 13.3. The molecule has 5 rings (SSSR count). The number of aromatic amines is 2. The van der Waals surface area contributed by atoms with Crippen molar-refractivity contribution in [3.8, 4) is 5.75 Å². The Morgan fingerprint density at radius 1 is 0.581 bits per heavy atom. The van der Waals surface area contributed by atoms with E-state index in [0.717, 1.165) is 38.5 Å². The van der Waals surface area contributed by atoms with Crippen LogP contribution in [0.2, 0.25) is 0 Å². The van der Waals surface area contributed by atoms with Crippen molar-refractivity contribution in [3.05, 3.63) is 102 Å². The number of para-hydroxylation sites is 2. The van der Waals surface area contributed by atoms with Gasteiger partial charge in [-0.25, -0.2) is 0 Å². The summed E-state index contributed by atoms with van der Waals surface area (Å²) in [7, 11) is 0. The number of H-pyrrole nitrogens is 2. The van der Waals surface area contributed by atoms with Gasteiger partial charge >= 0.3 is 17.9 Å². The van der Waals surface area contributed by atoms with Crippen molar-refractivity contribution in [1.29, 1.82) is 0 Å². The number of phenols is 1. The summed E-state index contributed by atoms with van der Waals surface area (Å²) in [5.74, 6) is -2.80. The smallest absolute Gasteiger partial charge is 0.320 e. The lowest BCUT2D eigenvalue weighted by Gasteiger charge is -2.05. The summed E-state index contributed by atoms with van der Waals surface area (Å²) >= 11 is 0. The summed E-state index contributed by atoms with van der Waals surface area (Å²) in [6, 6.07) is 19.3. The van der Waals surface area contributed by atoms with E-state index in [1.165, 1.54) is 12.1 Å². The fourth-order valence-electron chi connectivity index (χ4n) is 4.22. The van der Waals surface area contributed by atoms with Gasteiger partial charge in [-0.05, 0) is 47.4 Å². The minimum atomic E-state index is -1.02. The highest BCUT2D eigenvalue weighted by atomic mass is 16.4. The van der Waals surface area contributed by atoms with Crippen molar-refractivity contribution in [1.82, 2.24) is 9.97 Å². The van der Waals surface area contributed by atoms with Crippen LogP contribution in [0.1, 0.15) is 16.7 Å². The van der Waals surface area contributed by atoms with Gasteiger partial charge in [-0.2, -0.15) is 0 Å². The van der Waals surface area contributed by atoms with Crippen LogP contribution in [0.25, 0.3) is 21.8 Å². The standard InChI is InChI=1S/2C11H12N2O2.C9H11NO3/c2*12-9(11(14)15)5-7-6-13-10-4-2-1-3-8(7)10;10-8(9(12)13)5-6-1-3-7(11)4-2-6/h2*1-4,6,9,13H,5,12H2,(H,14,15);1-4,8,11H,5,10H2,(H,12,13). The number of phenolic OH excluding ortho intramolecular Hbond substituents is 1. The number of benzene rings is 3. The number of carboxylic acid groups (broad SMARTS) is 3. The highest BCUT2D eigenvalue weighted by Crippen LogP contribution is 2.19. The van der Waals surface area contributed by atoms with Crippen LogP contribution >= 0.6 is 0 Å². The average molecular weight is 590 g/mol. The molecule has 3 unspecified atom stereocenters. The second-order valence-electron chi connectivity index (χ2n) is 9.83. The maximum absolute atomic E-state index is 10.6. The van der Waals surface area contributed by atoms with E-state index < -0.39 is 36.0 Å². The molecule has 12 nitrogen and oxygen atoms in total. The highest BCUT2D eigenvalue weighted by molar-refractivity contribution is 5.85. The first-order chi connectivity index (χ1) is 20.5. The van der Waals surface area contributed by atoms with E-state index in [1.807, 2.05) is 60.9 Å². The molecule has 0 aliphatic heterocycles. The number of carboxylic acids is 3. The molecule has 0 saturated heterocycles. The van der Waals surface area contributed by atoms with E-state index in [0.29, 0.717) is 12.8 Å². The van der Waals surface area contributed by atoms with Gasteiger partial charge in [0, 0.05) is 47.0 Å². The topological polar surface area (TPSA) is 242 Å². The Bertz CT molecular complexity index is 1570. The molecular weight excluding hydrogens is 554 g/mol. The zero-order chi connectivity index (χ0) is 31.5. The van der Waals surface area contributed by atoms with Gasteiger partial charge < -0.3 is 47.6 Å². The number of rotatable bonds is 9. The van der Waals surface area contributed by atoms with Gasteiger partial charge in [-0.15, -0.1) is 0 Å². The van der Waals surface area contributed by atoms with E-state index in [9.17, 15) is 14.4 Å². The third-order valence-electron chi connectivity index (χ3n) is 6.57. The number of fused-ring (bicyclic) bond motifs is 2. The van der Waals surface area contributed by atoms with Crippen LogP contribution in [0.4, 0.5) is 0 Å². The normalized spacial score (nSPS) is 12.7. The molecule has 0 aliphatic rings. The fourth-order valence-corrected chi connectivity index (χ4v) is 4.22. The monoisotopic (exact) mass is 589 g/mol. The molecule has 3 atom stereocenters. The molecule has 2 heterocycles. The minimum absolute atomic E-state index is 0.160. The summed E-state index contributed by atoms with van der Waals surface area (Å²) in [6.45, 7) is 0. The Morgan fingerprint density at radius 2 is 0.953 bits per heavy atom. The van der Waals surface area contributed by atoms with Crippen LogP contribution in [0, 0.1) is 0 Å². The molecule has 3 aromatic carbocycles. The van der Waals surface area contributed by atoms with Crippen LogP contribution in [-0.2, 0) is 33.6 Å². The SMILES string of the molecule is NC(Cc1c[nH]c2ccccc12)C(=O)O.NC(Cc1c[nH]c2ccccc12)C(=O)O.NC(Cc1ccc(O)cc1)C(=O)O. The largest absolute Gasteiger partial charge is 0.508 e. The van der Waals surface area contributed by atoms with Crippen LogP contribution in [0.3, 0.4) is 0 Å². The quantitative estimate of drug-likeness (QED) is 0.122. The van der Waals surface area contributed by atoms with Gasteiger partial charge in [0.25, 0.3) is 0 Å². The van der Waals surface area contributed by atoms with E-state index in [1.54, 1.807) is 12.1 Å². The Morgan fingerprint density at radius 3 is 1.35 bits per heavy atom. The van der Waals surface area contributed by atoms with Gasteiger partial charge in [-0.3, -0.25) is 14.4 Å². The highest BCUT2D eigenvalue weighted by Gasteiger charge is 2.15. The molecule has 0 amide bonds. The molecule has 0 fully saturated rings. The van der Waals surface area contributed by atoms with Gasteiger partial charge in [-0.1, -0.05) is 48.5 Å². The van der Waals surface area contributed by atoms with Crippen LogP contribution in [0.15, 0.2) is 85.2 Å². The average Bonchev–Trinajstić information content (AvgIpc) is 3.59. The number of hydrogen-bond acceptors (Lipinski definition) is 7. The number of aromatic hydroxyl groups is 1. The molecule has 226 valence electrons. The molecule has 2 aromatic heterocycles. The summed E-state index contributed by atoms with van der Waals surface area (Å²) in [4.78, 5) is 37.8. The minimum Gasteiger partial charge on any atom is -0.508 e. The van der Waals surface area contributed by atoms with E-state index in [4.69, 9.17) is 37.6 Å². The predicted octanol–water partition coefficient (Wildman–Crippen LogP) is 2.59. The van der Waals surface area contributed by atoms with E-state index >= 15 is 0 Å². The molecule has 0 aliphatic carbocycles. The molecular formula is C31H35N5O7. The third-order valence-corrected chi connectivity index (χ3v) is 6.57. The lowest BCUT2D eigenvalue weighted by atomic mass is 10.1. The maximum atomic E-state index is 10.6. The number of aromatic nitrogens is 2. The third kappa shape index (κ3) is 9.43. The lowest BCUT2D eigenvalue weighted by molar-refractivity contribution is -0.139. The summed E-state index contributed by atoms with van der Waals surface area (Å²) in [5, 5.41) is 37.0. The molecule has 0 saturated carbocycles. The lowest BCUT2D eigenvalue weighted by Crippen LogP contribution is -2.32. The first-order valence-corrected chi connectivity index (χ1v) is 13.3. The molecule has 43 heavy (non-hydrogen) atoms. The second kappa shape index (κ2) is 15.2. The molecule has 12 N–H and O–H groups in total. The van der Waals surface area contributed by atoms with Crippen LogP contribution in [0.5, 0.6) is 5.75 Å². The van der Waals surface area contributed by atoms with Crippen LogP contribution < -0.4 is 17.2 Å². The van der Waals surface area contributed by atoms with Crippen LogP contribution in [-0.4, -0.2) is 66.4 Å². The zero-order valence-corrected chi connectivity index (χ0v) is 23.2. The number of nitrogens with one attached hydrogen (secondary N) is 2. The fraction of sp³-hybridized carbons (Fsp3) is 0.194. The molecule has 5 aromatic rings. The van der Waals surface area contributed by atoms with Gasteiger partial charge in [0.2, 0.25) is 0 Å². The van der Waals surface area contributed by atoms with Crippen molar-refractivity contribution in [2.45, 2.75) is 37.4 Å². The first kappa shape index (κ1) is 32.3. The Labute approximate surface area is 246 Å². The van der Waals surface area contributed by atoms with E-state index in [2.05, 4.69) is 9.97 Å². The number of aliphatic carboxylic acids is 3. The van der Waals surface area contributed by atoms with E-state index in [-0.39, 0.29) is 12.2 Å². The zero-order valence-electron chi connectivity index (χ0n) is 23.2. The Balaban J connectivity index is 0.000000177. The van der Waals surface area contributed by atoms with Gasteiger partial charge in [0.05, 0.1) is 0 Å². The van der Waals surface area contributed by atoms with Gasteiger partial charge in [0.15, 0.2) is 0 Å². The maximum Gasteiger partial charge on any atom is 0.320 e. The summed E-state index contributed by atoms with van der Waals surface area (Å²) in [5.41, 5.74) is 21.0. The molecule has 0 spiro atoms. The second-order valence-corrected chi connectivity index (χ2v) is 9.83. The summed E-state index contributed by atoms with van der Waals surface area (Å²) < 4.78 is 0. The van der Waals surface area contributed by atoms with Gasteiger partial charge in [0.1, 0.15) is 23.9 Å². The molecule has 0 bridgehead atoms. The predicted molar refractivity (Wildman–Crippen MR) is 163 cm³/mol. The Kier molecular flexibility index (Phi) is 11.4. The van der Waals surface area contributed by atoms with Crippen molar-refractivity contribution < 1.29 is 34.8 Å². The molecule has 12 heteroatoms. The number of carbonyl (C=O) groups is 3. The van der Waals surface area contributed by atoms with Crippen molar-refractivity contribution in [2.75, 3.05) is 0 Å². The van der Waals surface area contributed by atoms with Crippen molar-refractivity contribution in [2.24, 2.45) is 17.2 Å². The molecule has 0 radical (unpaired) electrons. The number of nitrogens with two attached hydrogens (primary N) is 3. The number of hydrogen-bond donors (Lipinski definition) is 9.